The molecule has 1 N–H and O–H groups in total. The number of rotatable bonds is 6. The van der Waals surface area contributed by atoms with Crippen LogP contribution in [0.4, 0.5) is 0 Å². The zero-order chi connectivity index (χ0) is 14.5. The van der Waals surface area contributed by atoms with Gasteiger partial charge >= 0.3 is 0 Å². The van der Waals surface area contributed by atoms with Crippen LogP contribution in [0.2, 0.25) is 10.0 Å². The van der Waals surface area contributed by atoms with E-state index in [2.05, 4.69) is 24.1 Å². The van der Waals surface area contributed by atoms with Gasteiger partial charge in [-0.15, -0.1) is 0 Å². The average molecular weight is 315 g/mol. The molecule has 0 spiro atoms. The monoisotopic (exact) mass is 314 g/mol. The fraction of sp³-hybridized carbons (Fsp3) is 0.625. The van der Waals surface area contributed by atoms with E-state index in [1.54, 1.807) is 0 Å². The molecule has 1 aromatic carbocycles. The van der Waals surface area contributed by atoms with Crippen LogP contribution in [-0.2, 0) is 6.54 Å². The molecule has 1 heterocycles. The van der Waals surface area contributed by atoms with Crippen molar-refractivity contribution in [2.75, 3.05) is 26.2 Å². The number of hydrogen-bond donors (Lipinski definition) is 1. The first-order valence-corrected chi connectivity index (χ1v) is 8.17. The van der Waals surface area contributed by atoms with E-state index < -0.39 is 0 Å². The second-order valence-electron chi connectivity index (χ2n) is 6.18. The second kappa shape index (κ2) is 7.65. The third kappa shape index (κ3) is 4.92. The van der Waals surface area contributed by atoms with E-state index >= 15 is 0 Å². The fourth-order valence-electron chi connectivity index (χ4n) is 2.85. The van der Waals surface area contributed by atoms with Gasteiger partial charge in [-0.3, -0.25) is 4.90 Å². The predicted octanol–water partition coefficient (Wildman–Crippen LogP) is 4.06. The molecule has 20 heavy (non-hydrogen) atoms. The molecule has 1 atom stereocenters. The van der Waals surface area contributed by atoms with Crippen molar-refractivity contribution >= 4 is 23.2 Å². The van der Waals surface area contributed by atoms with E-state index in [9.17, 15) is 0 Å². The molecule has 1 aliphatic rings. The van der Waals surface area contributed by atoms with Crippen molar-refractivity contribution in [3.63, 3.8) is 0 Å². The summed E-state index contributed by atoms with van der Waals surface area (Å²) in [6.07, 6.45) is 1.28. The summed E-state index contributed by atoms with van der Waals surface area (Å²) in [4.78, 5) is 2.53. The van der Waals surface area contributed by atoms with Crippen LogP contribution in [0.5, 0.6) is 0 Å². The van der Waals surface area contributed by atoms with Crippen molar-refractivity contribution in [1.29, 1.82) is 0 Å². The van der Waals surface area contributed by atoms with Crippen molar-refractivity contribution in [3.05, 3.63) is 33.8 Å². The maximum absolute atomic E-state index is 6.30. The zero-order valence-corrected chi connectivity index (χ0v) is 13.8. The normalized spacial score (nSPS) is 19.2. The van der Waals surface area contributed by atoms with Gasteiger partial charge in [0.05, 0.1) is 0 Å². The Labute approximate surface area is 132 Å². The molecule has 0 radical (unpaired) electrons. The number of halogens is 2. The summed E-state index contributed by atoms with van der Waals surface area (Å²) in [6.45, 7) is 9.99. The molecule has 2 nitrogen and oxygen atoms in total. The zero-order valence-electron chi connectivity index (χ0n) is 12.3. The van der Waals surface area contributed by atoms with E-state index in [1.165, 1.54) is 12.0 Å². The fourth-order valence-corrected chi connectivity index (χ4v) is 3.31. The highest BCUT2D eigenvalue weighted by molar-refractivity contribution is 6.35. The molecular weight excluding hydrogens is 291 g/mol. The third-order valence-electron chi connectivity index (χ3n) is 3.71. The molecule has 112 valence electrons. The van der Waals surface area contributed by atoms with Gasteiger partial charge < -0.3 is 5.32 Å². The Kier molecular flexibility index (Phi) is 6.16. The summed E-state index contributed by atoms with van der Waals surface area (Å²) in [5.74, 6) is 1.43. The summed E-state index contributed by atoms with van der Waals surface area (Å²) < 4.78 is 0. The topological polar surface area (TPSA) is 15.3 Å². The number of benzene rings is 1. The highest BCUT2D eigenvalue weighted by Crippen LogP contribution is 2.23. The number of nitrogens with zero attached hydrogens (tertiary/aromatic N) is 1. The first-order valence-electron chi connectivity index (χ1n) is 7.41. The molecule has 0 aromatic heterocycles. The van der Waals surface area contributed by atoms with Gasteiger partial charge in [-0.25, -0.2) is 0 Å². The van der Waals surface area contributed by atoms with Crippen LogP contribution in [0.1, 0.15) is 25.8 Å². The van der Waals surface area contributed by atoms with E-state index in [0.717, 1.165) is 43.7 Å². The van der Waals surface area contributed by atoms with Crippen LogP contribution >= 0.6 is 23.2 Å². The maximum Gasteiger partial charge on any atom is 0.0465 e. The Bertz CT molecular complexity index is 428. The lowest BCUT2D eigenvalue weighted by atomic mass is 10.1. The Hall–Kier alpha value is -0.280. The summed E-state index contributed by atoms with van der Waals surface area (Å²) in [5.41, 5.74) is 1.17. The summed E-state index contributed by atoms with van der Waals surface area (Å²) in [6, 6.07) is 5.81. The quantitative estimate of drug-likeness (QED) is 0.851. The molecule has 0 bridgehead atoms. The van der Waals surface area contributed by atoms with Crippen LogP contribution in [0.15, 0.2) is 18.2 Å². The predicted molar refractivity (Wildman–Crippen MR) is 87.6 cm³/mol. The first kappa shape index (κ1) is 16.1. The van der Waals surface area contributed by atoms with Gasteiger partial charge in [-0.05, 0) is 49.0 Å². The van der Waals surface area contributed by atoms with E-state index in [0.29, 0.717) is 10.9 Å². The first-order chi connectivity index (χ1) is 9.54. The number of hydrogen-bond acceptors (Lipinski definition) is 2. The molecule has 1 aromatic rings. The molecule has 4 heteroatoms. The van der Waals surface area contributed by atoms with Crippen LogP contribution in [0, 0.1) is 11.8 Å². The van der Waals surface area contributed by atoms with Gasteiger partial charge in [-0.2, -0.15) is 0 Å². The summed E-state index contributed by atoms with van der Waals surface area (Å²) in [5, 5.41) is 4.92. The minimum absolute atomic E-state index is 0.662. The lowest BCUT2D eigenvalue weighted by Gasteiger charge is -2.27. The van der Waals surface area contributed by atoms with Gasteiger partial charge in [0, 0.05) is 29.7 Å². The molecule has 2 rings (SSSR count). The summed E-state index contributed by atoms with van der Waals surface area (Å²) >= 11 is 12.3. The molecule has 0 saturated carbocycles. The highest BCUT2D eigenvalue weighted by Gasteiger charge is 2.19. The molecule has 0 unspecified atom stereocenters. The standard InChI is InChI=1S/C16H24Cl2N2/c1-12(2)9-20(10-13-5-6-19-8-13)11-14-3-4-15(17)7-16(14)18/h3-4,7,12-13,19H,5-6,8-11H2,1-2H3/t13-/m0/s1. The lowest BCUT2D eigenvalue weighted by molar-refractivity contribution is 0.205. The second-order valence-corrected chi connectivity index (χ2v) is 7.03. The smallest absolute Gasteiger partial charge is 0.0465 e. The van der Waals surface area contributed by atoms with Crippen molar-refractivity contribution < 1.29 is 0 Å². The van der Waals surface area contributed by atoms with Gasteiger partial charge in [0.25, 0.3) is 0 Å². The lowest BCUT2D eigenvalue weighted by Crippen LogP contribution is -2.33. The Balaban J connectivity index is 2.01. The van der Waals surface area contributed by atoms with Gasteiger partial charge in [0.1, 0.15) is 0 Å². The Morgan fingerprint density at radius 2 is 2.15 bits per heavy atom. The largest absolute Gasteiger partial charge is 0.316 e. The van der Waals surface area contributed by atoms with Crippen molar-refractivity contribution in [1.82, 2.24) is 10.2 Å². The summed E-state index contributed by atoms with van der Waals surface area (Å²) in [7, 11) is 0. The van der Waals surface area contributed by atoms with Crippen LogP contribution in [0.25, 0.3) is 0 Å². The van der Waals surface area contributed by atoms with E-state index in [4.69, 9.17) is 23.2 Å². The molecular formula is C16H24Cl2N2. The molecule has 0 aliphatic carbocycles. The van der Waals surface area contributed by atoms with Gasteiger partial charge in [0.15, 0.2) is 0 Å². The van der Waals surface area contributed by atoms with Crippen molar-refractivity contribution in [2.45, 2.75) is 26.8 Å². The highest BCUT2D eigenvalue weighted by atomic mass is 35.5. The minimum Gasteiger partial charge on any atom is -0.316 e. The van der Waals surface area contributed by atoms with Crippen LogP contribution < -0.4 is 5.32 Å². The number of nitrogens with one attached hydrogen (secondary N) is 1. The third-order valence-corrected chi connectivity index (χ3v) is 4.30. The molecule has 1 aliphatic heterocycles. The molecule has 0 amide bonds. The van der Waals surface area contributed by atoms with E-state index in [1.807, 2.05) is 18.2 Å². The Morgan fingerprint density at radius 1 is 1.35 bits per heavy atom. The van der Waals surface area contributed by atoms with E-state index in [-0.39, 0.29) is 0 Å². The average Bonchev–Trinajstić information content (AvgIpc) is 2.84. The van der Waals surface area contributed by atoms with Crippen LogP contribution in [-0.4, -0.2) is 31.1 Å². The maximum atomic E-state index is 6.30. The van der Waals surface area contributed by atoms with Crippen molar-refractivity contribution in [2.24, 2.45) is 11.8 Å². The van der Waals surface area contributed by atoms with Gasteiger partial charge in [-0.1, -0.05) is 43.1 Å². The molecule has 1 saturated heterocycles. The molecule has 1 fully saturated rings. The SMILES string of the molecule is CC(C)CN(Cc1ccc(Cl)cc1Cl)C[C@H]1CCNC1. The van der Waals surface area contributed by atoms with Gasteiger partial charge in [0.2, 0.25) is 0 Å². The van der Waals surface area contributed by atoms with Crippen molar-refractivity contribution in [3.8, 4) is 0 Å². The Morgan fingerprint density at radius 3 is 2.75 bits per heavy atom. The minimum atomic E-state index is 0.662. The van der Waals surface area contributed by atoms with Crippen LogP contribution in [0.3, 0.4) is 0 Å².